The zero-order valence-electron chi connectivity index (χ0n) is 18.1. The molecule has 1 N–H and O–H groups in total. The summed E-state index contributed by atoms with van der Waals surface area (Å²) >= 11 is 0. The van der Waals surface area contributed by atoms with E-state index in [2.05, 4.69) is 39.6 Å². The zero-order chi connectivity index (χ0) is 21.4. The fourth-order valence-electron chi connectivity index (χ4n) is 3.42. The fraction of sp³-hybridized carbons (Fsp3) is 0.522. The van der Waals surface area contributed by atoms with Crippen LogP contribution in [0, 0.1) is 11.8 Å². The average Bonchev–Trinajstić information content (AvgIpc) is 3.01. The van der Waals surface area contributed by atoms with E-state index in [1.807, 2.05) is 33.7 Å². The van der Waals surface area contributed by atoms with Crippen LogP contribution >= 0.6 is 0 Å². The van der Waals surface area contributed by atoms with Crippen LogP contribution in [-0.4, -0.2) is 45.9 Å². The van der Waals surface area contributed by atoms with Gasteiger partial charge in [0.25, 0.3) is 0 Å². The highest BCUT2D eigenvalue weighted by Gasteiger charge is 2.19. The molecular formula is C23H34N4O2. The van der Waals surface area contributed by atoms with Gasteiger partial charge in [0.2, 0.25) is 11.8 Å². The number of benzene rings is 1. The van der Waals surface area contributed by atoms with Crippen molar-refractivity contribution in [3.8, 4) is 0 Å². The minimum absolute atomic E-state index is 0.122. The van der Waals surface area contributed by atoms with Crippen LogP contribution < -0.4 is 5.32 Å². The number of para-hydroxylation sites is 2. The quantitative estimate of drug-likeness (QED) is 0.466. The SMILES string of the molecule is C=CC(=O)NCCCc1nc2ccccc2n1CC(=O)N(CC(C)C)CC(C)C. The third kappa shape index (κ3) is 6.73. The molecule has 6 nitrogen and oxygen atoms in total. The van der Waals surface area contributed by atoms with Crippen LogP contribution in [0.2, 0.25) is 0 Å². The maximum atomic E-state index is 13.1. The van der Waals surface area contributed by atoms with E-state index in [0.717, 1.165) is 36.4 Å². The molecule has 0 aliphatic rings. The molecule has 0 saturated carbocycles. The van der Waals surface area contributed by atoms with Crippen LogP contribution in [0.5, 0.6) is 0 Å². The van der Waals surface area contributed by atoms with Crippen LogP contribution in [0.1, 0.15) is 39.9 Å². The van der Waals surface area contributed by atoms with Crippen LogP contribution in [0.25, 0.3) is 11.0 Å². The highest BCUT2D eigenvalue weighted by molar-refractivity contribution is 5.86. The number of nitrogens with zero attached hydrogens (tertiary/aromatic N) is 3. The van der Waals surface area contributed by atoms with Gasteiger partial charge in [0.05, 0.1) is 11.0 Å². The number of aromatic nitrogens is 2. The molecule has 0 atom stereocenters. The Bertz CT molecular complexity index is 829. The Morgan fingerprint density at radius 2 is 1.83 bits per heavy atom. The van der Waals surface area contributed by atoms with E-state index in [4.69, 9.17) is 4.98 Å². The Morgan fingerprint density at radius 3 is 2.45 bits per heavy atom. The van der Waals surface area contributed by atoms with E-state index < -0.39 is 0 Å². The molecule has 0 spiro atoms. The molecule has 0 aliphatic heterocycles. The number of fused-ring (bicyclic) bond motifs is 1. The van der Waals surface area contributed by atoms with Crippen molar-refractivity contribution < 1.29 is 9.59 Å². The summed E-state index contributed by atoms with van der Waals surface area (Å²) in [5, 5.41) is 2.79. The molecule has 1 aromatic carbocycles. The van der Waals surface area contributed by atoms with Gasteiger partial charge in [0.15, 0.2) is 0 Å². The molecule has 1 aromatic heterocycles. The van der Waals surface area contributed by atoms with Crippen molar-refractivity contribution in [3.63, 3.8) is 0 Å². The lowest BCUT2D eigenvalue weighted by Crippen LogP contribution is -2.39. The molecule has 2 aromatic rings. The number of carbonyl (C=O) groups is 2. The Hall–Kier alpha value is -2.63. The molecule has 2 rings (SSSR count). The van der Waals surface area contributed by atoms with E-state index in [0.29, 0.717) is 24.8 Å². The monoisotopic (exact) mass is 398 g/mol. The number of aryl methyl sites for hydroxylation is 1. The highest BCUT2D eigenvalue weighted by atomic mass is 16.2. The molecule has 0 unspecified atom stereocenters. The Labute approximate surface area is 174 Å². The maximum absolute atomic E-state index is 13.1. The maximum Gasteiger partial charge on any atom is 0.243 e. The van der Waals surface area contributed by atoms with Gasteiger partial charge in [-0.15, -0.1) is 0 Å². The molecular weight excluding hydrogens is 364 g/mol. The van der Waals surface area contributed by atoms with Gasteiger partial charge in [0.1, 0.15) is 12.4 Å². The summed E-state index contributed by atoms with van der Waals surface area (Å²) in [6.45, 7) is 14.3. The van der Waals surface area contributed by atoms with Crippen LogP contribution in [-0.2, 0) is 22.6 Å². The van der Waals surface area contributed by atoms with Gasteiger partial charge < -0.3 is 14.8 Å². The predicted octanol–water partition coefficient (Wildman–Crippen LogP) is 3.41. The molecule has 0 saturated heterocycles. The van der Waals surface area contributed by atoms with Crippen LogP contribution in [0.3, 0.4) is 0 Å². The zero-order valence-corrected chi connectivity index (χ0v) is 18.1. The number of hydrogen-bond acceptors (Lipinski definition) is 3. The molecule has 29 heavy (non-hydrogen) atoms. The minimum atomic E-state index is -0.174. The summed E-state index contributed by atoms with van der Waals surface area (Å²) < 4.78 is 2.03. The Kier molecular flexibility index (Phi) is 8.43. The lowest BCUT2D eigenvalue weighted by atomic mass is 10.1. The minimum Gasteiger partial charge on any atom is -0.353 e. The Balaban J connectivity index is 2.19. The van der Waals surface area contributed by atoms with Crippen LogP contribution in [0.15, 0.2) is 36.9 Å². The second-order valence-electron chi connectivity index (χ2n) is 8.29. The summed E-state index contributed by atoms with van der Waals surface area (Å²) in [6, 6.07) is 7.91. The van der Waals surface area contributed by atoms with Gasteiger partial charge in [-0.1, -0.05) is 46.4 Å². The van der Waals surface area contributed by atoms with E-state index in [1.165, 1.54) is 6.08 Å². The number of rotatable bonds is 11. The van der Waals surface area contributed by atoms with Crippen molar-refractivity contribution in [1.29, 1.82) is 0 Å². The molecule has 158 valence electrons. The molecule has 0 radical (unpaired) electrons. The lowest BCUT2D eigenvalue weighted by molar-refractivity contribution is -0.132. The summed E-state index contributed by atoms with van der Waals surface area (Å²) in [4.78, 5) is 31.2. The normalized spacial score (nSPS) is 11.2. The summed E-state index contributed by atoms with van der Waals surface area (Å²) in [6.07, 6.45) is 2.71. The Morgan fingerprint density at radius 1 is 1.17 bits per heavy atom. The summed E-state index contributed by atoms with van der Waals surface area (Å²) in [7, 11) is 0. The number of carbonyl (C=O) groups excluding carboxylic acids is 2. The third-order valence-electron chi connectivity index (χ3n) is 4.61. The third-order valence-corrected chi connectivity index (χ3v) is 4.61. The number of amides is 2. The van der Waals surface area contributed by atoms with Gasteiger partial charge >= 0.3 is 0 Å². The second kappa shape index (κ2) is 10.8. The van der Waals surface area contributed by atoms with Crippen molar-refractivity contribution in [2.24, 2.45) is 11.8 Å². The van der Waals surface area contributed by atoms with Gasteiger partial charge in [-0.05, 0) is 36.5 Å². The second-order valence-corrected chi connectivity index (χ2v) is 8.29. The van der Waals surface area contributed by atoms with Crippen molar-refractivity contribution in [1.82, 2.24) is 19.8 Å². The fourth-order valence-corrected chi connectivity index (χ4v) is 3.42. The van der Waals surface area contributed by atoms with Crippen molar-refractivity contribution in [2.75, 3.05) is 19.6 Å². The molecule has 0 aliphatic carbocycles. The van der Waals surface area contributed by atoms with Gasteiger partial charge in [-0.25, -0.2) is 4.98 Å². The van der Waals surface area contributed by atoms with E-state index in [-0.39, 0.29) is 18.4 Å². The first kappa shape index (κ1) is 22.7. The first-order chi connectivity index (χ1) is 13.8. The largest absolute Gasteiger partial charge is 0.353 e. The van der Waals surface area contributed by atoms with E-state index in [1.54, 1.807) is 0 Å². The molecule has 1 heterocycles. The summed E-state index contributed by atoms with van der Waals surface area (Å²) in [5.41, 5.74) is 1.87. The van der Waals surface area contributed by atoms with E-state index in [9.17, 15) is 9.59 Å². The van der Waals surface area contributed by atoms with Crippen molar-refractivity contribution in [2.45, 2.75) is 47.1 Å². The number of imidazole rings is 1. The molecule has 0 fully saturated rings. The predicted molar refractivity (Wildman–Crippen MR) is 118 cm³/mol. The lowest BCUT2D eigenvalue weighted by Gasteiger charge is -2.27. The highest BCUT2D eigenvalue weighted by Crippen LogP contribution is 2.18. The number of nitrogens with one attached hydrogen (secondary N) is 1. The first-order valence-electron chi connectivity index (χ1n) is 10.4. The van der Waals surface area contributed by atoms with Gasteiger partial charge in [-0.2, -0.15) is 0 Å². The van der Waals surface area contributed by atoms with Crippen LogP contribution in [0.4, 0.5) is 0 Å². The molecule has 2 amide bonds. The van der Waals surface area contributed by atoms with Gasteiger partial charge in [0, 0.05) is 26.1 Å². The van der Waals surface area contributed by atoms with Crippen molar-refractivity contribution in [3.05, 3.63) is 42.7 Å². The molecule has 6 heteroatoms. The summed E-state index contributed by atoms with van der Waals surface area (Å²) in [5.74, 6) is 1.67. The average molecular weight is 399 g/mol. The standard InChI is InChI=1S/C23H34N4O2/c1-6-22(28)24-13-9-12-21-25-19-10-7-8-11-20(19)27(21)16-23(29)26(14-17(2)3)15-18(4)5/h6-8,10-11,17-18H,1,9,12-16H2,2-5H3,(H,24,28). The topological polar surface area (TPSA) is 67.2 Å². The smallest absolute Gasteiger partial charge is 0.243 e. The molecule has 0 bridgehead atoms. The van der Waals surface area contributed by atoms with Crippen molar-refractivity contribution >= 4 is 22.8 Å². The van der Waals surface area contributed by atoms with E-state index >= 15 is 0 Å². The first-order valence-corrected chi connectivity index (χ1v) is 10.4. The number of hydrogen-bond donors (Lipinski definition) is 1. The van der Waals surface area contributed by atoms with Gasteiger partial charge in [-0.3, -0.25) is 9.59 Å².